The third-order valence-corrected chi connectivity index (χ3v) is 3.04. The minimum Gasteiger partial charge on any atom is -0.381 e. The van der Waals surface area contributed by atoms with Gasteiger partial charge in [0.1, 0.15) is 5.82 Å². The Labute approximate surface area is 111 Å². The van der Waals surface area contributed by atoms with Gasteiger partial charge in [0.05, 0.1) is 4.47 Å². The lowest BCUT2D eigenvalue weighted by Crippen LogP contribution is -2.32. The Morgan fingerprint density at radius 1 is 1.41 bits per heavy atom. The van der Waals surface area contributed by atoms with Crippen molar-refractivity contribution in [2.24, 2.45) is 11.1 Å². The van der Waals surface area contributed by atoms with Crippen LogP contribution < -0.4 is 11.1 Å². The summed E-state index contributed by atoms with van der Waals surface area (Å²) in [4.78, 5) is 0. The number of nitrogens with one attached hydrogen (secondary N) is 1. The summed E-state index contributed by atoms with van der Waals surface area (Å²) in [5.41, 5.74) is 6.85. The van der Waals surface area contributed by atoms with Crippen molar-refractivity contribution in [3.63, 3.8) is 0 Å². The SMILES string of the molecule is CC(C)(C)CC(CN)Nc1ccc(F)c(Br)c1. The molecule has 0 bridgehead atoms. The fourth-order valence-corrected chi connectivity index (χ4v) is 2.13. The van der Waals surface area contributed by atoms with Crippen molar-refractivity contribution in [1.29, 1.82) is 0 Å². The molecule has 4 heteroatoms. The first-order chi connectivity index (χ1) is 7.81. The highest BCUT2D eigenvalue weighted by Gasteiger charge is 2.17. The molecule has 17 heavy (non-hydrogen) atoms. The molecule has 0 amide bonds. The van der Waals surface area contributed by atoms with E-state index in [0.717, 1.165) is 12.1 Å². The third-order valence-electron chi connectivity index (χ3n) is 2.43. The Hall–Kier alpha value is -0.610. The first-order valence-corrected chi connectivity index (χ1v) is 6.53. The second kappa shape index (κ2) is 5.83. The predicted molar refractivity (Wildman–Crippen MR) is 74.6 cm³/mol. The van der Waals surface area contributed by atoms with Gasteiger partial charge >= 0.3 is 0 Å². The van der Waals surface area contributed by atoms with Gasteiger partial charge in [0.25, 0.3) is 0 Å². The molecule has 0 spiro atoms. The van der Waals surface area contributed by atoms with Crippen LogP contribution in [0, 0.1) is 11.2 Å². The highest BCUT2D eigenvalue weighted by molar-refractivity contribution is 9.10. The van der Waals surface area contributed by atoms with E-state index in [1.165, 1.54) is 6.07 Å². The van der Waals surface area contributed by atoms with Crippen molar-refractivity contribution in [2.75, 3.05) is 11.9 Å². The zero-order chi connectivity index (χ0) is 13.1. The van der Waals surface area contributed by atoms with Gasteiger partial charge in [0.15, 0.2) is 0 Å². The molecule has 96 valence electrons. The van der Waals surface area contributed by atoms with Gasteiger partial charge in [-0.2, -0.15) is 0 Å². The van der Waals surface area contributed by atoms with Crippen molar-refractivity contribution in [3.8, 4) is 0 Å². The highest BCUT2D eigenvalue weighted by atomic mass is 79.9. The maximum atomic E-state index is 13.1. The largest absolute Gasteiger partial charge is 0.381 e. The van der Waals surface area contributed by atoms with Crippen LogP contribution in [0.25, 0.3) is 0 Å². The molecule has 0 aliphatic rings. The number of halogens is 2. The number of benzene rings is 1. The number of nitrogens with two attached hydrogens (primary N) is 1. The molecule has 1 atom stereocenters. The zero-order valence-corrected chi connectivity index (χ0v) is 12.1. The molecule has 0 heterocycles. The van der Waals surface area contributed by atoms with Gasteiger partial charge in [-0.05, 0) is 46.0 Å². The molecular formula is C13H20BrFN2. The highest BCUT2D eigenvalue weighted by Crippen LogP contribution is 2.24. The summed E-state index contributed by atoms with van der Waals surface area (Å²) < 4.78 is 13.6. The molecule has 0 aliphatic carbocycles. The van der Waals surface area contributed by atoms with E-state index < -0.39 is 0 Å². The average molecular weight is 303 g/mol. The Kier molecular flexibility index (Phi) is 4.95. The topological polar surface area (TPSA) is 38.0 Å². The lowest BCUT2D eigenvalue weighted by Gasteiger charge is -2.26. The summed E-state index contributed by atoms with van der Waals surface area (Å²) in [6, 6.07) is 5.11. The Morgan fingerprint density at radius 2 is 2.06 bits per heavy atom. The van der Waals surface area contributed by atoms with E-state index in [1.54, 1.807) is 12.1 Å². The molecular weight excluding hydrogens is 283 g/mol. The van der Waals surface area contributed by atoms with E-state index in [-0.39, 0.29) is 17.3 Å². The van der Waals surface area contributed by atoms with Crippen molar-refractivity contribution in [1.82, 2.24) is 0 Å². The summed E-state index contributed by atoms with van der Waals surface area (Å²) in [5.74, 6) is -0.254. The summed E-state index contributed by atoms with van der Waals surface area (Å²) >= 11 is 3.17. The summed E-state index contributed by atoms with van der Waals surface area (Å²) in [5, 5.41) is 3.33. The Bertz CT molecular complexity index is 374. The molecule has 0 radical (unpaired) electrons. The van der Waals surface area contributed by atoms with E-state index in [0.29, 0.717) is 11.0 Å². The maximum Gasteiger partial charge on any atom is 0.137 e. The van der Waals surface area contributed by atoms with Crippen molar-refractivity contribution in [2.45, 2.75) is 33.2 Å². The predicted octanol–water partition coefficient (Wildman–Crippen LogP) is 3.76. The molecule has 3 N–H and O–H groups in total. The van der Waals surface area contributed by atoms with E-state index >= 15 is 0 Å². The average Bonchev–Trinajstić information content (AvgIpc) is 2.20. The molecule has 0 fully saturated rings. The molecule has 0 aromatic heterocycles. The normalized spacial score (nSPS) is 13.5. The molecule has 1 rings (SSSR count). The smallest absolute Gasteiger partial charge is 0.137 e. The maximum absolute atomic E-state index is 13.1. The van der Waals surface area contributed by atoms with Gasteiger partial charge in [0.2, 0.25) is 0 Å². The fourth-order valence-electron chi connectivity index (χ4n) is 1.75. The van der Waals surface area contributed by atoms with E-state index in [2.05, 4.69) is 42.0 Å². The van der Waals surface area contributed by atoms with Gasteiger partial charge in [-0.25, -0.2) is 4.39 Å². The molecule has 0 saturated carbocycles. The number of anilines is 1. The Balaban J connectivity index is 2.70. The van der Waals surface area contributed by atoms with Gasteiger partial charge in [0, 0.05) is 18.3 Å². The first-order valence-electron chi connectivity index (χ1n) is 5.73. The summed E-state index contributed by atoms with van der Waals surface area (Å²) in [6.07, 6.45) is 0.971. The molecule has 1 aromatic rings. The first kappa shape index (κ1) is 14.5. The number of hydrogen-bond acceptors (Lipinski definition) is 2. The van der Waals surface area contributed by atoms with Crippen LogP contribution in [0.4, 0.5) is 10.1 Å². The van der Waals surface area contributed by atoms with Crippen LogP contribution in [0.3, 0.4) is 0 Å². The van der Waals surface area contributed by atoms with Gasteiger partial charge in [-0.3, -0.25) is 0 Å². The third kappa shape index (κ3) is 5.04. The van der Waals surface area contributed by atoms with Crippen molar-refractivity contribution >= 4 is 21.6 Å². The molecule has 2 nitrogen and oxygen atoms in total. The lowest BCUT2D eigenvalue weighted by atomic mass is 9.88. The second-order valence-corrected chi connectivity index (χ2v) is 6.32. The molecule has 1 unspecified atom stereocenters. The number of hydrogen-bond donors (Lipinski definition) is 2. The van der Waals surface area contributed by atoms with E-state index in [4.69, 9.17) is 5.73 Å². The standard InChI is InChI=1S/C13H20BrFN2/c1-13(2,3)7-10(8-16)17-9-4-5-12(15)11(14)6-9/h4-6,10,17H,7-8,16H2,1-3H3. The minimum atomic E-state index is -0.254. The van der Waals surface area contributed by atoms with Crippen LogP contribution in [-0.4, -0.2) is 12.6 Å². The minimum absolute atomic E-state index is 0.201. The summed E-state index contributed by atoms with van der Waals surface area (Å²) in [7, 11) is 0. The molecule has 0 aliphatic heterocycles. The van der Waals surface area contributed by atoms with Crippen LogP contribution in [0.15, 0.2) is 22.7 Å². The van der Waals surface area contributed by atoms with Gasteiger partial charge < -0.3 is 11.1 Å². The zero-order valence-electron chi connectivity index (χ0n) is 10.6. The van der Waals surface area contributed by atoms with Crippen molar-refractivity contribution < 1.29 is 4.39 Å². The van der Waals surface area contributed by atoms with Crippen molar-refractivity contribution in [3.05, 3.63) is 28.5 Å². The quantitative estimate of drug-likeness (QED) is 0.888. The summed E-state index contributed by atoms with van der Waals surface area (Å²) in [6.45, 7) is 7.10. The van der Waals surface area contributed by atoms with Gasteiger partial charge in [-0.15, -0.1) is 0 Å². The van der Waals surface area contributed by atoms with Crippen LogP contribution in [0.5, 0.6) is 0 Å². The fraction of sp³-hybridized carbons (Fsp3) is 0.538. The molecule has 0 saturated heterocycles. The van der Waals surface area contributed by atoms with Crippen LogP contribution >= 0.6 is 15.9 Å². The van der Waals surface area contributed by atoms with E-state index in [1.807, 2.05) is 0 Å². The van der Waals surface area contributed by atoms with Crippen LogP contribution in [-0.2, 0) is 0 Å². The van der Waals surface area contributed by atoms with Crippen LogP contribution in [0.2, 0.25) is 0 Å². The monoisotopic (exact) mass is 302 g/mol. The second-order valence-electron chi connectivity index (χ2n) is 5.47. The number of rotatable bonds is 4. The molecule has 1 aromatic carbocycles. The van der Waals surface area contributed by atoms with Crippen LogP contribution in [0.1, 0.15) is 27.2 Å². The Morgan fingerprint density at radius 3 is 2.53 bits per heavy atom. The van der Waals surface area contributed by atoms with E-state index in [9.17, 15) is 4.39 Å². The lowest BCUT2D eigenvalue weighted by molar-refractivity contribution is 0.351. The van der Waals surface area contributed by atoms with Gasteiger partial charge in [-0.1, -0.05) is 20.8 Å².